The van der Waals surface area contributed by atoms with E-state index in [-0.39, 0.29) is 50.7 Å². The third-order valence-corrected chi connectivity index (χ3v) is 6.18. The Labute approximate surface area is 210 Å². The fraction of sp³-hybridized carbons (Fsp3) is 0.0952. The van der Waals surface area contributed by atoms with Gasteiger partial charge in [0.25, 0.3) is 5.69 Å². The van der Waals surface area contributed by atoms with Gasteiger partial charge in [-0.3, -0.25) is 15.4 Å². The fourth-order valence-electron chi connectivity index (χ4n) is 3.48. The molecule has 1 atom stereocenters. The fourth-order valence-corrected chi connectivity index (χ4v) is 4.37. The molecule has 12 nitrogen and oxygen atoms in total. The lowest BCUT2D eigenvalue weighted by atomic mass is 9.94. The number of pyridine rings is 2. The zero-order valence-corrected chi connectivity index (χ0v) is 19.1. The second-order valence-electron chi connectivity index (χ2n) is 7.37. The number of nitro benzene ring substituents is 1. The maximum Gasteiger partial charge on any atom is 0.417 e. The van der Waals surface area contributed by atoms with Crippen LogP contribution in [0, 0.1) is 32.9 Å². The number of non-ortho nitro benzene ring substituents is 1. The number of hydrogen-bond donors (Lipinski definition) is 4. The van der Waals surface area contributed by atoms with Crippen molar-refractivity contribution in [1.82, 2.24) is 15.3 Å². The Morgan fingerprint density at radius 3 is 2.57 bits per heavy atom. The number of anilines is 3. The van der Waals surface area contributed by atoms with Crippen molar-refractivity contribution in [3.8, 4) is 12.3 Å². The minimum atomic E-state index is -4.57. The predicted octanol–water partition coefficient (Wildman–Crippen LogP) is 3.53. The van der Waals surface area contributed by atoms with E-state index in [9.17, 15) is 28.5 Å². The minimum absolute atomic E-state index is 0.0573. The highest BCUT2D eigenvalue weighted by molar-refractivity contribution is 7.99. The van der Waals surface area contributed by atoms with Gasteiger partial charge >= 0.3 is 6.18 Å². The lowest BCUT2D eigenvalue weighted by Gasteiger charge is -2.27. The average Bonchev–Trinajstić information content (AvgIpc) is 2.84. The maximum atomic E-state index is 12.9. The third-order valence-electron chi connectivity index (χ3n) is 5.13. The van der Waals surface area contributed by atoms with Gasteiger partial charge in [-0.1, -0.05) is 11.8 Å². The van der Waals surface area contributed by atoms with Crippen LogP contribution in [-0.2, 0) is 6.18 Å². The van der Waals surface area contributed by atoms with Crippen LogP contribution in [0.25, 0.3) is 0 Å². The number of alkyl halides is 3. The molecule has 16 heteroatoms. The standard InChI is InChI=1S/C21H13F3N10O2S/c22-21(23,24)9-1-4-14(29-7-9)37-13-3-2-10(34(35)36)5-11(13)17-15-16(27)12(6-25)18(28)32-19(15)33-20(31-17)30-8-26/h1-5,7,17H,(H6,27,28,30,31,32,33). The molecular weight excluding hydrogens is 513 g/mol. The smallest absolute Gasteiger partial charge is 0.397 e. The molecule has 2 aromatic heterocycles. The quantitative estimate of drug-likeness (QED) is 0.167. The Kier molecular flexibility index (Phi) is 6.43. The first-order valence-corrected chi connectivity index (χ1v) is 10.8. The first-order chi connectivity index (χ1) is 17.5. The van der Waals surface area contributed by atoms with Crippen molar-refractivity contribution < 1.29 is 18.1 Å². The van der Waals surface area contributed by atoms with E-state index >= 15 is 0 Å². The number of benzene rings is 1. The van der Waals surface area contributed by atoms with Crippen LogP contribution in [0.5, 0.6) is 0 Å². The zero-order chi connectivity index (χ0) is 26.9. The van der Waals surface area contributed by atoms with Crippen molar-refractivity contribution in [3.63, 3.8) is 0 Å². The van der Waals surface area contributed by atoms with Crippen LogP contribution in [0.3, 0.4) is 0 Å². The number of fused-ring (bicyclic) bond motifs is 1. The number of halogens is 3. The van der Waals surface area contributed by atoms with Gasteiger partial charge < -0.3 is 16.8 Å². The number of nitro groups is 1. The molecule has 0 saturated heterocycles. The van der Waals surface area contributed by atoms with Crippen molar-refractivity contribution in [2.24, 2.45) is 4.99 Å². The van der Waals surface area contributed by atoms with Crippen LogP contribution in [0.1, 0.15) is 28.3 Å². The van der Waals surface area contributed by atoms with Crippen LogP contribution < -0.4 is 22.1 Å². The molecule has 37 heavy (non-hydrogen) atoms. The zero-order valence-electron chi connectivity index (χ0n) is 18.2. The second-order valence-corrected chi connectivity index (χ2v) is 8.43. The summed E-state index contributed by atoms with van der Waals surface area (Å²) in [4.78, 5) is 23.6. The van der Waals surface area contributed by atoms with Gasteiger partial charge in [0.05, 0.1) is 16.2 Å². The summed E-state index contributed by atoms with van der Waals surface area (Å²) in [5, 5.41) is 35.3. The summed E-state index contributed by atoms with van der Waals surface area (Å²) in [7, 11) is 0. The first kappa shape index (κ1) is 25.0. The first-order valence-electron chi connectivity index (χ1n) is 10.0. The van der Waals surface area contributed by atoms with E-state index in [0.29, 0.717) is 11.1 Å². The molecule has 3 aromatic rings. The summed E-state index contributed by atoms with van der Waals surface area (Å²) in [6.07, 6.45) is -2.21. The highest BCUT2D eigenvalue weighted by Crippen LogP contribution is 2.45. The monoisotopic (exact) mass is 526 g/mol. The molecule has 186 valence electrons. The molecule has 1 aromatic carbocycles. The van der Waals surface area contributed by atoms with Crippen LogP contribution in [0.2, 0.25) is 0 Å². The Morgan fingerprint density at radius 1 is 1.22 bits per heavy atom. The summed E-state index contributed by atoms with van der Waals surface area (Å²) < 4.78 is 38.8. The van der Waals surface area contributed by atoms with Crippen molar-refractivity contribution in [1.29, 1.82) is 10.5 Å². The lowest BCUT2D eigenvalue weighted by molar-refractivity contribution is -0.385. The maximum absolute atomic E-state index is 12.9. The largest absolute Gasteiger partial charge is 0.417 e. The van der Waals surface area contributed by atoms with E-state index in [1.54, 1.807) is 6.19 Å². The minimum Gasteiger partial charge on any atom is -0.397 e. The number of nitrogens with one attached hydrogen (secondary N) is 2. The van der Waals surface area contributed by atoms with E-state index in [0.717, 1.165) is 23.9 Å². The molecule has 0 bridgehead atoms. The Bertz CT molecular complexity index is 1530. The Hall–Kier alpha value is -5.09. The van der Waals surface area contributed by atoms with Gasteiger partial charge in [-0.25, -0.2) is 15.0 Å². The molecule has 0 fully saturated rings. The van der Waals surface area contributed by atoms with Gasteiger partial charge in [0.1, 0.15) is 34.3 Å². The number of nitrogens with zero attached hydrogens (tertiary/aromatic N) is 6. The predicted molar refractivity (Wildman–Crippen MR) is 126 cm³/mol. The van der Waals surface area contributed by atoms with Crippen LogP contribution in [0.15, 0.2) is 51.4 Å². The second kappa shape index (κ2) is 9.51. The van der Waals surface area contributed by atoms with Crippen LogP contribution in [-0.4, -0.2) is 20.9 Å². The van der Waals surface area contributed by atoms with Crippen molar-refractivity contribution in [2.45, 2.75) is 22.1 Å². The van der Waals surface area contributed by atoms with Crippen molar-refractivity contribution in [3.05, 3.63) is 68.9 Å². The summed E-state index contributed by atoms with van der Waals surface area (Å²) >= 11 is 0.929. The Balaban J connectivity index is 1.90. The summed E-state index contributed by atoms with van der Waals surface area (Å²) in [5.41, 5.74) is 10.9. The number of aliphatic imine (C=N–C) groups is 1. The summed E-state index contributed by atoms with van der Waals surface area (Å²) in [6, 6.07) is 6.55. The number of nitriles is 2. The van der Waals surface area contributed by atoms with Crippen LogP contribution >= 0.6 is 11.8 Å². The number of guanidine groups is 1. The van der Waals surface area contributed by atoms with E-state index in [1.165, 1.54) is 18.2 Å². The van der Waals surface area contributed by atoms with Gasteiger partial charge in [0.2, 0.25) is 5.96 Å². The van der Waals surface area contributed by atoms with E-state index in [1.807, 2.05) is 6.07 Å². The highest BCUT2D eigenvalue weighted by Gasteiger charge is 2.33. The summed E-state index contributed by atoms with van der Waals surface area (Å²) in [5.74, 6) is -0.209. The number of nitrogens with two attached hydrogens (primary N) is 2. The van der Waals surface area contributed by atoms with Gasteiger partial charge in [-0.15, -0.1) is 0 Å². The van der Waals surface area contributed by atoms with Gasteiger partial charge in [0, 0.05) is 34.4 Å². The van der Waals surface area contributed by atoms with Gasteiger partial charge in [-0.2, -0.15) is 23.7 Å². The van der Waals surface area contributed by atoms with Crippen LogP contribution in [0.4, 0.5) is 36.2 Å². The summed E-state index contributed by atoms with van der Waals surface area (Å²) in [6.45, 7) is 0. The van der Waals surface area contributed by atoms with Crippen molar-refractivity contribution in [2.75, 3.05) is 16.8 Å². The third kappa shape index (κ3) is 4.86. The van der Waals surface area contributed by atoms with Crippen molar-refractivity contribution >= 4 is 40.7 Å². The number of aromatic nitrogens is 2. The van der Waals surface area contributed by atoms with Gasteiger partial charge in [0.15, 0.2) is 6.19 Å². The number of nitrogen functional groups attached to an aromatic ring is 2. The molecule has 0 spiro atoms. The van der Waals surface area contributed by atoms with E-state index in [4.69, 9.17) is 16.7 Å². The van der Waals surface area contributed by atoms with Gasteiger partial charge in [-0.05, 0) is 18.2 Å². The average molecular weight is 526 g/mol. The van der Waals surface area contributed by atoms with E-state index in [2.05, 4.69) is 25.6 Å². The molecule has 0 aliphatic carbocycles. The molecule has 0 radical (unpaired) electrons. The lowest BCUT2D eigenvalue weighted by Crippen LogP contribution is -2.33. The molecule has 1 aliphatic rings. The molecule has 1 aliphatic heterocycles. The highest BCUT2D eigenvalue weighted by atomic mass is 32.2. The topological polar surface area (TPSA) is 205 Å². The molecule has 4 rings (SSSR count). The number of hydrogen-bond acceptors (Lipinski definition) is 12. The molecule has 3 heterocycles. The molecule has 0 saturated carbocycles. The van der Waals surface area contributed by atoms with E-state index < -0.39 is 22.7 Å². The molecule has 1 unspecified atom stereocenters. The Morgan fingerprint density at radius 2 is 1.97 bits per heavy atom. The SMILES string of the molecule is N#CNC1=NC(c2cc([N+](=O)[O-])ccc2Sc2ccc(C(F)(F)F)cn2)c2c(nc(N)c(C#N)c2N)N1. The molecular formula is C21H13F3N10O2S. The normalized spacial score (nSPS) is 14.4. The number of rotatable bonds is 4. The molecule has 0 amide bonds. The molecule has 6 N–H and O–H groups in total.